The van der Waals surface area contributed by atoms with Gasteiger partial charge < -0.3 is 14.7 Å². The van der Waals surface area contributed by atoms with Crippen LogP contribution in [0.25, 0.3) is 0 Å². The van der Waals surface area contributed by atoms with Crippen molar-refractivity contribution in [1.29, 1.82) is 0 Å². The highest BCUT2D eigenvalue weighted by Gasteiger charge is 2.36. The summed E-state index contributed by atoms with van der Waals surface area (Å²) in [5.41, 5.74) is 0. The Balaban J connectivity index is 1.35. The summed E-state index contributed by atoms with van der Waals surface area (Å²) in [6.07, 6.45) is 8.28. The third-order valence-electron chi connectivity index (χ3n) is 6.32. The van der Waals surface area contributed by atoms with Crippen LogP contribution in [0.2, 0.25) is 0 Å². The number of likely N-dealkylation sites (N-methyl/N-ethyl adjacent to an activating group) is 1. The first-order valence-electron chi connectivity index (χ1n) is 9.72. The Morgan fingerprint density at radius 2 is 1.96 bits per heavy atom. The quantitative estimate of drug-likeness (QED) is 0.910. The Morgan fingerprint density at radius 1 is 1.20 bits per heavy atom. The number of hydrogen-bond acceptors (Lipinski definition) is 5. The molecule has 3 atom stereocenters. The number of hydrogen-bond donors (Lipinski definition) is 1. The molecule has 4 rings (SSSR count). The number of amides is 2. The maximum atomic E-state index is 12.7. The molecule has 1 aromatic heterocycles. The van der Waals surface area contributed by atoms with Crippen molar-refractivity contribution in [3.63, 3.8) is 0 Å². The standard InChI is InChI=1S/C18H29N5O2/c1-12(17-20-16(21-25-17)13-5-3-4-6-13)19-18(24)23-10-9-14-7-8-15(11-23)22(14)2/h12-15H,3-11H2,1-2H3,(H,19,24)/t12-,14-,15+/m1/s1. The lowest BCUT2D eigenvalue weighted by Gasteiger charge is -2.26. The molecule has 1 aromatic rings. The monoisotopic (exact) mass is 347 g/mol. The van der Waals surface area contributed by atoms with E-state index in [1.807, 2.05) is 11.8 Å². The topological polar surface area (TPSA) is 74.5 Å². The molecular weight excluding hydrogens is 318 g/mol. The summed E-state index contributed by atoms with van der Waals surface area (Å²) in [5, 5.41) is 7.18. The predicted octanol–water partition coefficient (Wildman–Crippen LogP) is 2.67. The summed E-state index contributed by atoms with van der Waals surface area (Å²) in [7, 11) is 2.19. The molecule has 2 amide bonds. The number of nitrogens with zero attached hydrogens (tertiary/aromatic N) is 4. The first-order valence-corrected chi connectivity index (χ1v) is 9.72. The van der Waals surface area contributed by atoms with E-state index >= 15 is 0 Å². The van der Waals surface area contributed by atoms with E-state index in [-0.39, 0.29) is 12.1 Å². The average molecular weight is 347 g/mol. The van der Waals surface area contributed by atoms with Gasteiger partial charge in [0.1, 0.15) is 6.04 Å². The molecule has 1 saturated carbocycles. The molecule has 0 unspecified atom stereocenters. The van der Waals surface area contributed by atoms with Crippen molar-refractivity contribution in [3.8, 4) is 0 Å². The largest absolute Gasteiger partial charge is 0.337 e. The third kappa shape index (κ3) is 3.38. The zero-order valence-electron chi connectivity index (χ0n) is 15.3. The van der Waals surface area contributed by atoms with E-state index in [0.717, 1.165) is 38.2 Å². The lowest BCUT2D eigenvalue weighted by Crippen LogP contribution is -2.45. The first kappa shape index (κ1) is 16.8. The van der Waals surface area contributed by atoms with Gasteiger partial charge in [-0.3, -0.25) is 4.90 Å². The normalized spacial score (nSPS) is 29.0. The van der Waals surface area contributed by atoms with Gasteiger partial charge in [0, 0.05) is 31.1 Å². The van der Waals surface area contributed by atoms with Crippen molar-refractivity contribution in [1.82, 2.24) is 25.3 Å². The fourth-order valence-electron chi connectivity index (χ4n) is 4.60. The Hall–Kier alpha value is -1.63. The van der Waals surface area contributed by atoms with Gasteiger partial charge in [0.25, 0.3) is 0 Å². The first-order chi connectivity index (χ1) is 12.1. The fourth-order valence-corrected chi connectivity index (χ4v) is 4.60. The molecule has 2 saturated heterocycles. The molecule has 7 heteroatoms. The molecule has 3 fully saturated rings. The van der Waals surface area contributed by atoms with Gasteiger partial charge in [0.15, 0.2) is 5.82 Å². The fraction of sp³-hybridized carbons (Fsp3) is 0.833. The van der Waals surface area contributed by atoms with Gasteiger partial charge in [0.2, 0.25) is 5.89 Å². The van der Waals surface area contributed by atoms with Crippen LogP contribution in [0.15, 0.2) is 4.52 Å². The van der Waals surface area contributed by atoms with E-state index in [0.29, 0.717) is 23.9 Å². The molecule has 3 aliphatic rings. The van der Waals surface area contributed by atoms with Crippen LogP contribution in [-0.2, 0) is 0 Å². The Morgan fingerprint density at radius 3 is 2.76 bits per heavy atom. The molecule has 2 aliphatic heterocycles. The number of aromatic nitrogens is 2. The van der Waals surface area contributed by atoms with Gasteiger partial charge >= 0.3 is 6.03 Å². The van der Waals surface area contributed by atoms with Crippen LogP contribution in [0.4, 0.5) is 4.79 Å². The van der Waals surface area contributed by atoms with Gasteiger partial charge in [0.05, 0.1) is 0 Å². The Labute approximate surface area is 149 Å². The minimum Gasteiger partial charge on any atom is -0.337 e. The molecule has 1 aliphatic carbocycles. The van der Waals surface area contributed by atoms with Crippen molar-refractivity contribution >= 4 is 6.03 Å². The van der Waals surface area contributed by atoms with Crippen molar-refractivity contribution in [2.75, 3.05) is 20.1 Å². The van der Waals surface area contributed by atoms with E-state index in [1.54, 1.807) is 0 Å². The molecule has 3 heterocycles. The van der Waals surface area contributed by atoms with E-state index in [2.05, 4.69) is 27.4 Å². The third-order valence-corrected chi connectivity index (χ3v) is 6.32. The lowest BCUT2D eigenvalue weighted by atomic mass is 10.1. The van der Waals surface area contributed by atoms with Crippen LogP contribution in [0, 0.1) is 0 Å². The highest BCUT2D eigenvalue weighted by atomic mass is 16.5. The van der Waals surface area contributed by atoms with Gasteiger partial charge in [-0.15, -0.1) is 0 Å². The zero-order valence-corrected chi connectivity index (χ0v) is 15.3. The molecule has 7 nitrogen and oxygen atoms in total. The summed E-state index contributed by atoms with van der Waals surface area (Å²) in [6, 6.07) is 0.846. The SMILES string of the molecule is C[C@@H](NC(=O)N1CC[C@H]2CC[C@@H](C1)N2C)c1nc(C2CCCC2)no1. The Kier molecular flexibility index (Phi) is 4.67. The minimum atomic E-state index is -0.256. The van der Waals surface area contributed by atoms with Crippen molar-refractivity contribution in [2.45, 2.75) is 75.9 Å². The van der Waals surface area contributed by atoms with Crippen molar-refractivity contribution < 1.29 is 9.32 Å². The molecule has 2 bridgehead atoms. The molecular formula is C18H29N5O2. The second-order valence-electron chi connectivity index (χ2n) is 7.93. The summed E-state index contributed by atoms with van der Waals surface area (Å²) < 4.78 is 5.42. The highest BCUT2D eigenvalue weighted by Crippen LogP contribution is 2.33. The van der Waals surface area contributed by atoms with E-state index < -0.39 is 0 Å². The lowest BCUT2D eigenvalue weighted by molar-refractivity contribution is 0.183. The molecule has 138 valence electrons. The smallest absolute Gasteiger partial charge is 0.318 e. The molecule has 0 spiro atoms. The number of fused-ring (bicyclic) bond motifs is 2. The number of nitrogens with one attached hydrogen (secondary N) is 1. The van der Waals surface area contributed by atoms with E-state index in [1.165, 1.54) is 25.7 Å². The minimum absolute atomic E-state index is 0.0194. The molecule has 0 radical (unpaired) electrons. The van der Waals surface area contributed by atoms with E-state index in [9.17, 15) is 4.79 Å². The predicted molar refractivity (Wildman–Crippen MR) is 93.2 cm³/mol. The number of carbonyl (C=O) groups is 1. The van der Waals surface area contributed by atoms with Gasteiger partial charge in [-0.05, 0) is 46.1 Å². The van der Waals surface area contributed by atoms with Gasteiger partial charge in [-0.1, -0.05) is 18.0 Å². The Bertz CT molecular complexity index is 612. The maximum Gasteiger partial charge on any atom is 0.318 e. The number of carbonyl (C=O) groups excluding carboxylic acids is 1. The van der Waals surface area contributed by atoms with Gasteiger partial charge in [-0.25, -0.2) is 4.79 Å². The number of likely N-dealkylation sites (tertiary alicyclic amines) is 1. The van der Waals surface area contributed by atoms with Crippen LogP contribution in [-0.4, -0.2) is 58.2 Å². The van der Waals surface area contributed by atoms with Crippen molar-refractivity contribution in [2.24, 2.45) is 0 Å². The summed E-state index contributed by atoms with van der Waals surface area (Å²) in [6.45, 7) is 3.55. The number of rotatable bonds is 3. The van der Waals surface area contributed by atoms with Crippen LogP contribution >= 0.6 is 0 Å². The van der Waals surface area contributed by atoms with Crippen LogP contribution in [0.5, 0.6) is 0 Å². The zero-order chi connectivity index (χ0) is 17.4. The second kappa shape index (κ2) is 6.94. The number of urea groups is 1. The highest BCUT2D eigenvalue weighted by molar-refractivity contribution is 5.74. The average Bonchev–Trinajstić information content (AvgIpc) is 3.29. The van der Waals surface area contributed by atoms with Gasteiger partial charge in [-0.2, -0.15) is 4.98 Å². The summed E-state index contributed by atoms with van der Waals surface area (Å²) >= 11 is 0. The molecule has 25 heavy (non-hydrogen) atoms. The summed E-state index contributed by atoms with van der Waals surface area (Å²) in [5.74, 6) is 1.75. The van der Waals surface area contributed by atoms with Crippen LogP contribution in [0.1, 0.15) is 75.5 Å². The van der Waals surface area contributed by atoms with Crippen LogP contribution < -0.4 is 5.32 Å². The maximum absolute atomic E-state index is 12.7. The molecule has 1 N–H and O–H groups in total. The van der Waals surface area contributed by atoms with E-state index in [4.69, 9.17) is 4.52 Å². The summed E-state index contributed by atoms with van der Waals surface area (Å²) in [4.78, 5) is 21.6. The molecule has 0 aromatic carbocycles. The van der Waals surface area contributed by atoms with Crippen molar-refractivity contribution in [3.05, 3.63) is 11.7 Å². The second-order valence-corrected chi connectivity index (χ2v) is 7.93. The van der Waals surface area contributed by atoms with Crippen LogP contribution in [0.3, 0.4) is 0 Å².